The van der Waals surface area contributed by atoms with E-state index in [0.29, 0.717) is 17.7 Å². The van der Waals surface area contributed by atoms with Crippen molar-refractivity contribution in [3.8, 4) is 6.07 Å². The van der Waals surface area contributed by atoms with Crippen LogP contribution in [-0.4, -0.2) is 47.7 Å². The van der Waals surface area contributed by atoms with Crippen molar-refractivity contribution in [3.05, 3.63) is 35.4 Å². The monoisotopic (exact) mass is 285 g/mol. The molecule has 0 spiro atoms. The van der Waals surface area contributed by atoms with E-state index in [1.807, 2.05) is 6.07 Å². The summed E-state index contributed by atoms with van der Waals surface area (Å²) in [5, 5.41) is 8.48. The largest absolute Gasteiger partial charge is 0.345 e. The Hall–Kier alpha value is -2.68. The molecule has 2 rings (SSSR count). The lowest BCUT2D eigenvalue weighted by atomic mass is 10.1. The summed E-state index contributed by atoms with van der Waals surface area (Å²) in [6, 6.07) is 8.58. The summed E-state index contributed by atoms with van der Waals surface area (Å²) in [4.78, 5) is 38.6. The number of imide groups is 1. The van der Waals surface area contributed by atoms with E-state index in [4.69, 9.17) is 5.26 Å². The highest BCUT2D eigenvalue weighted by Gasteiger charge is 2.35. The third kappa shape index (κ3) is 2.92. The Kier molecular flexibility index (Phi) is 4.33. The molecule has 0 bridgehead atoms. The highest BCUT2D eigenvalue weighted by atomic mass is 16.2. The number of fused-ring (bicyclic) bond motifs is 1. The zero-order valence-electron chi connectivity index (χ0n) is 11.7. The van der Waals surface area contributed by atoms with Gasteiger partial charge in [0.2, 0.25) is 5.91 Å². The number of nitriles is 1. The van der Waals surface area contributed by atoms with Gasteiger partial charge in [0, 0.05) is 26.6 Å². The summed E-state index contributed by atoms with van der Waals surface area (Å²) in [7, 11) is 1.60. The van der Waals surface area contributed by atoms with Gasteiger partial charge in [-0.3, -0.25) is 19.3 Å². The van der Waals surface area contributed by atoms with Crippen molar-refractivity contribution < 1.29 is 14.4 Å². The molecule has 1 aliphatic heterocycles. The van der Waals surface area contributed by atoms with Gasteiger partial charge in [-0.05, 0) is 12.1 Å². The number of carbonyl (C=O) groups is 3. The van der Waals surface area contributed by atoms with Crippen molar-refractivity contribution >= 4 is 17.7 Å². The van der Waals surface area contributed by atoms with E-state index >= 15 is 0 Å². The summed E-state index contributed by atoms with van der Waals surface area (Å²) in [5.74, 6) is -0.909. The number of hydrogen-bond donors (Lipinski definition) is 0. The van der Waals surface area contributed by atoms with Crippen LogP contribution >= 0.6 is 0 Å². The minimum atomic E-state index is -0.358. The fourth-order valence-electron chi connectivity index (χ4n) is 2.18. The van der Waals surface area contributed by atoms with Crippen LogP contribution in [0.1, 0.15) is 33.6 Å². The van der Waals surface area contributed by atoms with Gasteiger partial charge in [0.1, 0.15) is 0 Å². The lowest BCUT2D eigenvalue weighted by molar-refractivity contribution is -0.129. The Balaban J connectivity index is 1.97. The first-order valence-corrected chi connectivity index (χ1v) is 6.62. The van der Waals surface area contributed by atoms with Crippen LogP contribution in [0.25, 0.3) is 0 Å². The average Bonchev–Trinajstić information content (AvgIpc) is 2.74. The maximum atomic E-state index is 12.1. The van der Waals surface area contributed by atoms with Crippen molar-refractivity contribution in [2.45, 2.75) is 12.8 Å². The third-order valence-electron chi connectivity index (χ3n) is 3.41. The van der Waals surface area contributed by atoms with Gasteiger partial charge in [0.05, 0.1) is 23.6 Å². The number of amides is 3. The van der Waals surface area contributed by atoms with E-state index in [-0.39, 0.29) is 37.1 Å². The molecule has 3 amide bonds. The molecule has 0 radical (unpaired) electrons. The lowest BCUT2D eigenvalue weighted by Gasteiger charge is -2.18. The normalized spacial score (nSPS) is 13.0. The Morgan fingerprint density at radius 2 is 1.81 bits per heavy atom. The number of rotatable bonds is 5. The molecule has 0 aromatic heterocycles. The predicted octanol–water partition coefficient (Wildman–Crippen LogP) is 1.04. The van der Waals surface area contributed by atoms with Crippen LogP contribution in [0.15, 0.2) is 24.3 Å². The Morgan fingerprint density at radius 1 is 1.24 bits per heavy atom. The van der Waals surface area contributed by atoms with Crippen LogP contribution in [-0.2, 0) is 4.79 Å². The number of benzene rings is 1. The quantitative estimate of drug-likeness (QED) is 0.757. The van der Waals surface area contributed by atoms with Crippen LogP contribution < -0.4 is 0 Å². The van der Waals surface area contributed by atoms with Crippen LogP contribution in [0, 0.1) is 11.3 Å². The molecular weight excluding hydrogens is 270 g/mol. The highest BCUT2D eigenvalue weighted by molar-refractivity contribution is 6.21. The molecule has 1 aromatic rings. The van der Waals surface area contributed by atoms with Crippen LogP contribution in [0.2, 0.25) is 0 Å². The van der Waals surface area contributed by atoms with E-state index in [2.05, 4.69) is 0 Å². The van der Waals surface area contributed by atoms with Gasteiger partial charge in [0.15, 0.2) is 0 Å². The molecule has 108 valence electrons. The van der Waals surface area contributed by atoms with Crippen molar-refractivity contribution in [3.63, 3.8) is 0 Å². The van der Waals surface area contributed by atoms with Gasteiger partial charge in [-0.2, -0.15) is 5.26 Å². The van der Waals surface area contributed by atoms with Gasteiger partial charge in [-0.15, -0.1) is 0 Å². The van der Waals surface area contributed by atoms with Gasteiger partial charge in [-0.1, -0.05) is 12.1 Å². The molecule has 6 heteroatoms. The first-order chi connectivity index (χ1) is 10.1. The van der Waals surface area contributed by atoms with Crippen molar-refractivity contribution in [2.75, 3.05) is 20.1 Å². The summed E-state index contributed by atoms with van der Waals surface area (Å²) >= 11 is 0. The molecule has 6 nitrogen and oxygen atoms in total. The predicted molar refractivity (Wildman–Crippen MR) is 74.3 cm³/mol. The molecule has 0 saturated carbocycles. The molecule has 0 N–H and O–H groups in total. The molecular formula is C15H15N3O3. The second kappa shape index (κ2) is 6.18. The topological polar surface area (TPSA) is 81.5 Å². The fourth-order valence-corrected chi connectivity index (χ4v) is 2.18. The van der Waals surface area contributed by atoms with Gasteiger partial charge in [-0.25, -0.2) is 0 Å². The maximum absolute atomic E-state index is 12.1. The van der Waals surface area contributed by atoms with Crippen molar-refractivity contribution in [1.82, 2.24) is 9.80 Å². The maximum Gasteiger partial charge on any atom is 0.261 e. The summed E-state index contributed by atoms with van der Waals surface area (Å²) in [5.41, 5.74) is 0.764. The minimum Gasteiger partial charge on any atom is -0.345 e. The van der Waals surface area contributed by atoms with E-state index in [0.717, 1.165) is 4.90 Å². The van der Waals surface area contributed by atoms with Crippen molar-refractivity contribution in [2.24, 2.45) is 0 Å². The van der Waals surface area contributed by atoms with E-state index < -0.39 is 0 Å². The van der Waals surface area contributed by atoms with Crippen LogP contribution in [0.4, 0.5) is 0 Å². The molecule has 0 atom stereocenters. The van der Waals surface area contributed by atoms with Crippen molar-refractivity contribution in [1.29, 1.82) is 5.26 Å². The molecule has 1 aliphatic rings. The minimum absolute atomic E-state index is 0.0576. The average molecular weight is 285 g/mol. The van der Waals surface area contributed by atoms with Gasteiger partial charge >= 0.3 is 0 Å². The van der Waals surface area contributed by atoms with E-state index in [1.54, 1.807) is 31.3 Å². The van der Waals surface area contributed by atoms with Crippen LogP contribution in [0.5, 0.6) is 0 Å². The summed E-state index contributed by atoms with van der Waals surface area (Å²) in [6.07, 6.45) is 0.322. The molecule has 0 unspecified atom stereocenters. The number of carbonyl (C=O) groups excluding carboxylic acids is 3. The first-order valence-electron chi connectivity index (χ1n) is 6.62. The molecule has 1 heterocycles. The first kappa shape index (κ1) is 14.7. The lowest BCUT2D eigenvalue weighted by Crippen LogP contribution is -2.35. The molecule has 0 saturated heterocycles. The Bertz CT molecular complexity index is 598. The zero-order valence-corrected chi connectivity index (χ0v) is 11.7. The smallest absolute Gasteiger partial charge is 0.261 e. The Morgan fingerprint density at radius 3 is 2.33 bits per heavy atom. The molecule has 21 heavy (non-hydrogen) atoms. The third-order valence-corrected chi connectivity index (χ3v) is 3.41. The second-order valence-electron chi connectivity index (χ2n) is 4.78. The fraction of sp³-hybridized carbons (Fsp3) is 0.333. The van der Waals surface area contributed by atoms with Crippen LogP contribution in [0.3, 0.4) is 0 Å². The van der Waals surface area contributed by atoms with E-state index in [1.165, 1.54) is 4.90 Å². The summed E-state index contributed by atoms with van der Waals surface area (Å²) < 4.78 is 0. The molecule has 0 aliphatic carbocycles. The highest BCUT2D eigenvalue weighted by Crippen LogP contribution is 2.22. The standard InChI is InChI=1S/C15H15N3O3/c1-17(9-4-8-16)13(19)7-10-18-14(20)11-5-2-3-6-12(11)15(18)21/h2-3,5-6H,4,7,9-10H2,1H3. The molecule has 0 fully saturated rings. The second-order valence-corrected chi connectivity index (χ2v) is 4.78. The Labute approximate surface area is 122 Å². The number of nitrogens with zero attached hydrogens (tertiary/aromatic N) is 3. The zero-order chi connectivity index (χ0) is 15.4. The van der Waals surface area contributed by atoms with Gasteiger partial charge in [0.25, 0.3) is 11.8 Å². The summed E-state index contributed by atoms with van der Waals surface area (Å²) in [6.45, 7) is 0.402. The number of hydrogen-bond acceptors (Lipinski definition) is 4. The SMILES string of the molecule is CN(CCC#N)C(=O)CCN1C(=O)c2ccccc2C1=O. The van der Waals surface area contributed by atoms with Gasteiger partial charge < -0.3 is 4.90 Å². The molecule has 1 aromatic carbocycles. The van der Waals surface area contributed by atoms with E-state index in [9.17, 15) is 14.4 Å².